The number of fused-ring (bicyclic) bond motifs is 1. The number of anilines is 2. The second-order valence-electron chi connectivity index (χ2n) is 6.23. The fourth-order valence-corrected chi connectivity index (χ4v) is 2.97. The van der Waals surface area contributed by atoms with E-state index in [0.29, 0.717) is 22.5 Å². The fraction of sp³-hybridized carbons (Fsp3) is 0.0500. The van der Waals surface area contributed by atoms with Crippen LogP contribution in [-0.4, -0.2) is 21.8 Å². The maximum Gasteiger partial charge on any atom is 0.261 e. The van der Waals surface area contributed by atoms with E-state index in [4.69, 9.17) is 0 Å². The van der Waals surface area contributed by atoms with Gasteiger partial charge in [0.25, 0.3) is 11.8 Å². The predicted octanol–water partition coefficient (Wildman–Crippen LogP) is 2.76. The molecule has 3 heterocycles. The summed E-state index contributed by atoms with van der Waals surface area (Å²) in [6.07, 6.45) is 6.47. The average molecular weight is 360 g/mol. The summed E-state index contributed by atoms with van der Waals surface area (Å²) < 4.78 is 0. The number of aromatic amines is 2. The maximum absolute atomic E-state index is 12.4. The Kier molecular flexibility index (Phi) is 3.97. The zero-order valence-electron chi connectivity index (χ0n) is 14.4. The number of rotatable bonds is 3. The smallest absolute Gasteiger partial charge is 0.261 e. The van der Waals surface area contributed by atoms with E-state index in [9.17, 15) is 14.4 Å². The molecule has 1 aliphatic rings. The van der Waals surface area contributed by atoms with Gasteiger partial charge in [0.2, 0.25) is 0 Å². The minimum absolute atomic E-state index is 0.0341. The summed E-state index contributed by atoms with van der Waals surface area (Å²) in [6.45, 7) is 1.64. The van der Waals surface area contributed by atoms with Crippen LogP contribution in [0.4, 0.5) is 11.4 Å². The molecule has 0 saturated heterocycles. The van der Waals surface area contributed by atoms with Gasteiger partial charge in [0.05, 0.1) is 11.3 Å². The first-order valence-electron chi connectivity index (χ1n) is 8.33. The lowest BCUT2D eigenvalue weighted by Crippen LogP contribution is -2.22. The number of amides is 2. The minimum Gasteiger partial charge on any atom is -0.366 e. The van der Waals surface area contributed by atoms with Gasteiger partial charge in [-0.1, -0.05) is 6.07 Å². The number of pyridine rings is 1. The highest BCUT2D eigenvalue weighted by atomic mass is 16.2. The van der Waals surface area contributed by atoms with Gasteiger partial charge in [0.15, 0.2) is 5.43 Å². The number of aromatic nitrogens is 2. The van der Waals surface area contributed by atoms with Gasteiger partial charge in [-0.25, -0.2) is 0 Å². The second-order valence-corrected chi connectivity index (χ2v) is 6.23. The molecule has 4 rings (SSSR count). The van der Waals surface area contributed by atoms with Crippen molar-refractivity contribution in [3.8, 4) is 0 Å². The van der Waals surface area contributed by atoms with Crippen molar-refractivity contribution in [2.24, 2.45) is 0 Å². The molecule has 1 aromatic carbocycles. The quantitative estimate of drug-likeness (QED) is 0.540. The van der Waals surface area contributed by atoms with Crippen molar-refractivity contribution in [1.82, 2.24) is 9.97 Å². The molecule has 0 fully saturated rings. The standard InChI is InChI=1S/C20H16N4O3/c1-11-9-21-10-16(18(11)25)20(27)23-13-4-5-14-15(7-12-3-2-6-22-12)19(26)24-17(14)8-13/h2-10,22H,1H3,(H,21,25)(H,23,27)(H,24,26)/b15-7-. The van der Waals surface area contributed by atoms with E-state index in [0.717, 1.165) is 11.3 Å². The van der Waals surface area contributed by atoms with Crippen molar-refractivity contribution < 1.29 is 9.59 Å². The number of carbonyl (C=O) groups excluding carboxylic acids is 2. The molecule has 2 aromatic heterocycles. The Morgan fingerprint density at radius 2 is 2.00 bits per heavy atom. The Hall–Kier alpha value is -3.87. The zero-order chi connectivity index (χ0) is 19.0. The molecule has 0 aliphatic carbocycles. The highest BCUT2D eigenvalue weighted by Gasteiger charge is 2.24. The van der Waals surface area contributed by atoms with Gasteiger partial charge in [0.1, 0.15) is 5.56 Å². The monoisotopic (exact) mass is 360 g/mol. The van der Waals surface area contributed by atoms with Gasteiger partial charge in [-0.2, -0.15) is 0 Å². The van der Waals surface area contributed by atoms with E-state index in [-0.39, 0.29) is 16.9 Å². The molecule has 0 radical (unpaired) electrons. The van der Waals surface area contributed by atoms with Gasteiger partial charge >= 0.3 is 0 Å². The molecule has 1 aliphatic heterocycles. The Morgan fingerprint density at radius 1 is 1.15 bits per heavy atom. The predicted molar refractivity (Wildman–Crippen MR) is 103 cm³/mol. The van der Waals surface area contributed by atoms with Crippen molar-refractivity contribution in [1.29, 1.82) is 0 Å². The molecule has 7 nitrogen and oxygen atoms in total. The van der Waals surface area contributed by atoms with Crippen LogP contribution in [0.25, 0.3) is 11.6 Å². The van der Waals surface area contributed by atoms with Crippen LogP contribution in [0.5, 0.6) is 0 Å². The summed E-state index contributed by atoms with van der Waals surface area (Å²) in [5.41, 5.74) is 3.38. The molecule has 2 amide bonds. The molecule has 0 unspecified atom stereocenters. The van der Waals surface area contributed by atoms with Crippen LogP contribution in [0.15, 0.2) is 53.7 Å². The average Bonchev–Trinajstić information content (AvgIpc) is 3.25. The second kappa shape index (κ2) is 6.45. The molecule has 3 aromatic rings. The first kappa shape index (κ1) is 16.6. The molecule has 4 N–H and O–H groups in total. The van der Waals surface area contributed by atoms with Crippen molar-refractivity contribution in [2.45, 2.75) is 6.92 Å². The third-order valence-corrected chi connectivity index (χ3v) is 4.36. The molecule has 0 spiro atoms. The Bertz CT molecular complexity index is 1140. The SMILES string of the molecule is Cc1c[nH]cc(C(=O)Nc2ccc3c(c2)NC(=O)/C3=C\c2ccc[nH]2)c1=O. The molecular weight excluding hydrogens is 344 g/mol. The largest absolute Gasteiger partial charge is 0.366 e. The minimum atomic E-state index is -0.508. The lowest BCUT2D eigenvalue weighted by molar-refractivity contribution is -0.110. The maximum atomic E-state index is 12.4. The van der Waals surface area contributed by atoms with Crippen molar-refractivity contribution in [3.63, 3.8) is 0 Å². The highest BCUT2D eigenvalue weighted by Crippen LogP contribution is 2.34. The van der Waals surface area contributed by atoms with Crippen molar-refractivity contribution >= 4 is 34.8 Å². The Balaban J connectivity index is 1.62. The molecule has 0 bridgehead atoms. The van der Waals surface area contributed by atoms with Gasteiger partial charge < -0.3 is 20.6 Å². The fourth-order valence-electron chi connectivity index (χ4n) is 2.97. The van der Waals surface area contributed by atoms with Crippen molar-refractivity contribution in [2.75, 3.05) is 10.6 Å². The summed E-state index contributed by atoms with van der Waals surface area (Å²) >= 11 is 0. The third-order valence-electron chi connectivity index (χ3n) is 4.36. The van der Waals surface area contributed by atoms with Crippen LogP contribution in [0.2, 0.25) is 0 Å². The topological polar surface area (TPSA) is 107 Å². The summed E-state index contributed by atoms with van der Waals surface area (Å²) in [5.74, 6) is -0.718. The van der Waals surface area contributed by atoms with Gasteiger partial charge in [-0.05, 0) is 37.3 Å². The van der Waals surface area contributed by atoms with Crippen LogP contribution in [-0.2, 0) is 4.79 Å². The number of nitrogens with one attached hydrogen (secondary N) is 4. The Labute approximate surface area is 154 Å². The van der Waals surface area contributed by atoms with Crippen LogP contribution >= 0.6 is 0 Å². The van der Waals surface area contributed by atoms with Crippen LogP contribution < -0.4 is 16.1 Å². The number of benzene rings is 1. The molecule has 7 heteroatoms. The van der Waals surface area contributed by atoms with E-state index in [2.05, 4.69) is 20.6 Å². The summed E-state index contributed by atoms with van der Waals surface area (Å²) in [5, 5.41) is 5.49. The van der Waals surface area contributed by atoms with Gasteiger partial charge in [0, 0.05) is 41.1 Å². The van der Waals surface area contributed by atoms with Crippen LogP contribution in [0.3, 0.4) is 0 Å². The van der Waals surface area contributed by atoms with Crippen molar-refractivity contribution in [3.05, 3.63) is 81.5 Å². The van der Waals surface area contributed by atoms with Gasteiger partial charge in [-0.15, -0.1) is 0 Å². The van der Waals surface area contributed by atoms with E-state index in [1.807, 2.05) is 12.1 Å². The van der Waals surface area contributed by atoms with Crippen LogP contribution in [0.1, 0.15) is 27.2 Å². The molecule has 0 atom stereocenters. The molecule has 0 saturated carbocycles. The number of hydrogen-bond acceptors (Lipinski definition) is 3. The summed E-state index contributed by atoms with van der Waals surface area (Å²) in [7, 11) is 0. The number of hydrogen-bond donors (Lipinski definition) is 4. The van der Waals surface area contributed by atoms with E-state index in [1.165, 1.54) is 6.20 Å². The lowest BCUT2D eigenvalue weighted by Gasteiger charge is -2.07. The summed E-state index contributed by atoms with van der Waals surface area (Å²) in [6, 6.07) is 8.85. The number of aryl methyl sites for hydroxylation is 1. The number of carbonyl (C=O) groups is 2. The number of H-pyrrole nitrogens is 2. The zero-order valence-corrected chi connectivity index (χ0v) is 14.4. The first-order chi connectivity index (χ1) is 13.0. The van der Waals surface area contributed by atoms with E-state index in [1.54, 1.807) is 43.6 Å². The molecule has 27 heavy (non-hydrogen) atoms. The molecule has 134 valence electrons. The Morgan fingerprint density at radius 3 is 2.78 bits per heavy atom. The molecular formula is C20H16N4O3. The first-order valence-corrected chi connectivity index (χ1v) is 8.33. The lowest BCUT2D eigenvalue weighted by atomic mass is 10.1. The van der Waals surface area contributed by atoms with Crippen LogP contribution in [0, 0.1) is 6.92 Å². The highest BCUT2D eigenvalue weighted by molar-refractivity contribution is 6.35. The van der Waals surface area contributed by atoms with E-state index >= 15 is 0 Å². The third kappa shape index (κ3) is 3.06. The normalized spacial score (nSPS) is 14.1. The summed E-state index contributed by atoms with van der Waals surface area (Å²) in [4.78, 5) is 42.6. The van der Waals surface area contributed by atoms with E-state index < -0.39 is 5.91 Å². The van der Waals surface area contributed by atoms with Gasteiger partial charge in [-0.3, -0.25) is 14.4 Å².